The molecule has 0 radical (unpaired) electrons. The zero-order valence-corrected chi connectivity index (χ0v) is 14.9. The van der Waals surface area contributed by atoms with Crippen molar-refractivity contribution in [3.8, 4) is 0 Å². The Balaban J connectivity index is 3.44. The van der Waals surface area contributed by atoms with Crippen LogP contribution in [0.5, 0.6) is 0 Å². The predicted octanol–water partition coefficient (Wildman–Crippen LogP) is 1.49. The van der Waals surface area contributed by atoms with Crippen LogP contribution >= 0.6 is 0 Å². The smallest absolute Gasteiger partial charge is 0.246 e. The van der Waals surface area contributed by atoms with Crippen LogP contribution in [0.15, 0.2) is 0 Å². The van der Waals surface area contributed by atoms with E-state index in [2.05, 4.69) is 10.6 Å². The van der Waals surface area contributed by atoms with Crippen LogP contribution in [0.3, 0.4) is 0 Å². The van der Waals surface area contributed by atoms with Crippen LogP contribution in [0, 0.1) is 5.41 Å². The molecule has 6 heteroatoms. The maximum absolute atomic E-state index is 11.6. The van der Waals surface area contributed by atoms with Crippen LogP contribution in [0.25, 0.3) is 0 Å². The number of nitrogens with one attached hydrogen (secondary N) is 2. The summed E-state index contributed by atoms with van der Waals surface area (Å²) in [6.07, 6.45) is 0.731. The Morgan fingerprint density at radius 3 is 2.09 bits per heavy atom. The van der Waals surface area contributed by atoms with Crippen LogP contribution in [0.2, 0.25) is 0 Å². The largest absolute Gasteiger partial charge is 0.380 e. The van der Waals surface area contributed by atoms with Crippen molar-refractivity contribution in [1.29, 1.82) is 0 Å². The lowest BCUT2D eigenvalue weighted by molar-refractivity contribution is -0.130. The summed E-state index contributed by atoms with van der Waals surface area (Å²) in [5.74, 6) is -0.102. The van der Waals surface area contributed by atoms with E-state index in [-0.39, 0.29) is 29.4 Å². The fraction of sp³-hybridized carbons (Fsp3) is 0.875. The SMILES string of the molecule is CC(C)(C)OCC(=O)NCCCOCCNC(=O)C(C)(C)C. The third-order valence-electron chi connectivity index (χ3n) is 2.64. The molecule has 0 saturated heterocycles. The van der Waals surface area contributed by atoms with Crippen LogP contribution in [-0.2, 0) is 19.1 Å². The molecule has 0 atom stereocenters. The van der Waals surface area contributed by atoms with E-state index < -0.39 is 0 Å². The molecule has 6 nitrogen and oxygen atoms in total. The lowest BCUT2D eigenvalue weighted by Crippen LogP contribution is -2.36. The Morgan fingerprint density at radius 1 is 0.909 bits per heavy atom. The summed E-state index contributed by atoms with van der Waals surface area (Å²) in [7, 11) is 0. The number of hydrogen-bond acceptors (Lipinski definition) is 4. The van der Waals surface area contributed by atoms with Crippen LogP contribution in [-0.4, -0.2) is 50.3 Å². The molecule has 0 aliphatic heterocycles. The minimum absolute atomic E-state index is 0.0159. The summed E-state index contributed by atoms with van der Waals surface area (Å²) in [5, 5.41) is 5.58. The van der Waals surface area contributed by atoms with E-state index in [1.165, 1.54) is 0 Å². The molecule has 130 valence electrons. The number of ether oxygens (including phenoxy) is 2. The molecule has 0 aliphatic carbocycles. The van der Waals surface area contributed by atoms with Crippen molar-refractivity contribution in [3.05, 3.63) is 0 Å². The van der Waals surface area contributed by atoms with Crippen molar-refractivity contribution < 1.29 is 19.1 Å². The first-order valence-corrected chi connectivity index (χ1v) is 7.79. The Labute approximate surface area is 134 Å². The summed E-state index contributed by atoms with van der Waals surface area (Å²) in [5.41, 5.74) is -0.683. The molecular weight excluding hydrogens is 284 g/mol. The van der Waals surface area contributed by atoms with E-state index >= 15 is 0 Å². The topological polar surface area (TPSA) is 76.7 Å². The minimum Gasteiger partial charge on any atom is -0.380 e. The number of carbonyl (C=O) groups excluding carboxylic acids is 2. The standard InChI is InChI=1S/C16H32N2O4/c1-15(2,3)14(20)18-9-11-21-10-7-8-17-13(19)12-22-16(4,5)6/h7-12H2,1-6H3,(H,17,19)(H,18,20). The lowest BCUT2D eigenvalue weighted by atomic mass is 9.96. The van der Waals surface area contributed by atoms with Crippen molar-refractivity contribution in [3.63, 3.8) is 0 Å². The molecule has 0 heterocycles. The van der Waals surface area contributed by atoms with E-state index in [9.17, 15) is 9.59 Å². The van der Waals surface area contributed by atoms with Crippen molar-refractivity contribution in [2.45, 2.75) is 53.6 Å². The highest BCUT2D eigenvalue weighted by atomic mass is 16.5. The highest BCUT2D eigenvalue weighted by Gasteiger charge is 2.20. The van der Waals surface area contributed by atoms with Gasteiger partial charge >= 0.3 is 0 Å². The summed E-state index contributed by atoms with van der Waals surface area (Å²) in [6.45, 7) is 13.5. The van der Waals surface area contributed by atoms with Crippen LogP contribution in [0.1, 0.15) is 48.0 Å². The average Bonchev–Trinajstić information content (AvgIpc) is 2.37. The number of carbonyl (C=O) groups is 2. The molecule has 0 aromatic carbocycles. The Morgan fingerprint density at radius 2 is 1.55 bits per heavy atom. The van der Waals surface area contributed by atoms with Gasteiger partial charge in [0.15, 0.2) is 0 Å². The van der Waals surface area contributed by atoms with E-state index in [4.69, 9.17) is 9.47 Å². The molecular formula is C16H32N2O4. The molecule has 0 spiro atoms. The molecule has 0 fully saturated rings. The van der Waals surface area contributed by atoms with Gasteiger partial charge in [-0.2, -0.15) is 0 Å². The molecule has 0 rings (SSSR count). The number of rotatable bonds is 9. The second kappa shape index (κ2) is 9.79. The highest BCUT2D eigenvalue weighted by Crippen LogP contribution is 2.11. The summed E-state index contributed by atoms with van der Waals surface area (Å²) >= 11 is 0. The Kier molecular flexibility index (Phi) is 9.28. The zero-order valence-electron chi connectivity index (χ0n) is 14.9. The van der Waals surface area contributed by atoms with Crippen LogP contribution < -0.4 is 10.6 Å². The monoisotopic (exact) mass is 316 g/mol. The maximum Gasteiger partial charge on any atom is 0.246 e. The average molecular weight is 316 g/mol. The van der Waals surface area contributed by atoms with E-state index in [0.717, 1.165) is 6.42 Å². The quantitative estimate of drug-likeness (QED) is 0.632. The number of hydrogen-bond donors (Lipinski definition) is 2. The molecule has 0 bridgehead atoms. The van der Waals surface area contributed by atoms with Crippen molar-refractivity contribution in [2.75, 3.05) is 32.9 Å². The Hall–Kier alpha value is -1.14. The van der Waals surface area contributed by atoms with Gasteiger partial charge in [0.25, 0.3) is 0 Å². The third-order valence-corrected chi connectivity index (χ3v) is 2.64. The molecule has 0 aliphatic rings. The van der Waals surface area contributed by atoms with Crippen LogP contribution in [0.4, 0.5) is 0 Å². The molecule has 0 unspecified atom stereocenters. The van der Waals surface area contributed by atoms with Crippen molar-refractivity contribution in [1.82, 2.24) is 10.6 Å². The molecule has 2 amide bonds. The second-order valence-corrected chi connectivity index (χ2v) is 7.22. The van der Waals surface area contributed by atoms with Crippen molar-refractivity contribution >= 4 is 11.8 Å². The van der Waals surface area contributed by atoms with Gasteiger partial charge in [0.1, 0.15) is 6.61 Å². The fourth-order valence-electron chi connectivity index (χ4n) is 1.34. The molecule has 22 heavy (non-hydrogen) atoms. The molecule has 0 aromatic rings. The van der Waals surface area contributed by atoms with E-state index in [1.54, 1.807) is 0 Å². The van der Waals surface area contributed by atoms with Gasteiger partial charge in [0.2, 0.25) is 11.8 Å². The lowest BCUT2D eigenvalue weighted by Gasteiger charge is -2.19. The summed E-state index contributed by atoms with van der Waals surface area (Å²) < 4.78 is 10.8. The van der Waals surface area contributed by atoms with Gasteiger partial charge in [-0.1, -0.05) is 20.8 Å². The first-order valence-electron chi connectivity index (χ1n) is 7.79. The fourth-order valence-corrected chi connectivity index (χ4v) is 1.34. The van der Waals surface area contributed by atoms with E-state index in [1.807, 2.05) is 41.5 Å². The first-order chi connectivity index (χ1) is 10.0. The summed E-state index contributed by atoms with van der Waals surface area (Å²) in [4.78, 5) is 23.1. The maximum atomic E-state index is 11.6. The second-order valence-electron chi connectivity index (χ2n) is 7.22. The van der Waals surface area contributed by atoms with Gasteiger partial charge in [-0.05, 0) is 27.2 Å². The van der Waals surface area contributed by atoms with Gasteiger partial charge in [-0.3, -0.25) is 9.59 Å². The van der Waals surface area contributed by atoms with E-state index in [0.29, 0.717) is 26.3 Å². The normalized spacial score (nSPS) is 12.1. The van der Waals surface area contributed by atoms with Gasteiger partial charge in [0, 0.05) is 25.1 Å². The van der Waals surface area contributed by atoms with Gasteiger partial charge in [-0.25, -0.2) is 0 Å². The number of amides is 2. The molecule has 0 aromatic heterocycles. The zero-order chi connectivity index (χ0) is 17.2. The Bertz CT molecular complexity index is 343. The molecule has 2 N–H and O–H groups in total. The van der Waals surface area contributed by atoms with Gasteiger partial charge in [-0.15, -0.1) is 0 Å². The molecule has 0 saturated carbocycles. The predicted molar refractivity (Wildman–Crippen MR) is 86.6 cm³/mol. The minimum atomic E-state index is -0.376. The van der Waals surface area contributed by atoms with Crippen molar-refractivity contribution in [2.24, 2.45) is 5.41 Å². The summed E-state index contributed by atoms with van der Waals surface area (Å²) in [6, 6.07) is 0. The third kappa shape index (κ3) is 12.6. The highest BCUT2D eigenvalue weighted by molar-refractivity contribution is 5.81. The first kappa shape index (κ1) is 20.9. The van der Waals surface area contributed by atoms with Gasteiger partial charge in [0.05, 0.1) is 12.2 Å². The van der Waals surface area contributed by atoms with Gasteiger partial charge < -0.3 is 20.1 Å².